The number of pyridine rings is 1. The Bertz CT molecular complexity index is 1390. The van der Waals surface area contributed by atoms with Crippen LogP contribution in [0.25, 0.3) is 10.8 Å². The van der Waals surface area contributed by atoms with E-state index in [2.05, 4.69) is 20.3 Å². The number of rotatable bonds is 5. The molecule has 0 spiro atoms. The topological polar surface area (TPSA) is 100 Å². The Morgan fingerprint density at radius 3 is 2.59 bits per heavy atom. The molecule has 37 heavy (non-hydrogen) atoms. The van der Waals surface area contributed by atoms with Gasteiger partial charge in [-0.1, -0.05) is 19.3 Å². The number of carbonyl (C=O) groups excluding carboxylic acids is 1. The summed E-state index contributed by atoms with van der Waals surface area (Å²) in [5.74, 6) is -0.0252. The number of benzene rings is 1. The van der Waals surface area contributed by atoms with Gasteiger partial charge in [0.05, 0.1) is 10.9 Å². The highest BCUT2D eigenvalue weighted by atomic mass is 32.2. The lowest BCUT2D eigenvalue weighted by molar-refractivity contribution is -0.119. The Morgan fingerprint density at radius 2 is 1.84 bits per heavy atom. The first-order valence-electron chi connectivity index (χ1n) is 13.2. The number of nitrogens with one attached hydrogen (secondary N) is 1. The Labute approximate surface area is 218 Å². The smallest absolute Gasteiger partial charge is 0.243 e. The Balaban J connectivity index is 1.53. The quantitative estimate of drug-likeness (QED) is 0.549. The van der Waals surface area contributed by atoms with Crippen molar-refractivity contribution in [2.45, 2.75) is 68.8 Å². The van der Waals surface area contributed by atoms with Crippen LogP contribution >= 0.6 is 0 Å². The van der Waals surface area contributed by atoms with E-state index in [1.165, 1.54) is 6.92 Å². The highest BCUT2D eigenvalue weighted by Crippen LogP contribution is 2.38. The number of hydrogen-bond donors (Lipinski definition) is 1. The molecule has 4 heterocycles. The van der Waals surface area contributed by atoms with Crippen LogP contribution in [0.1, 0.15) is 57.6 Å². The Hall–Kier alpha value is -2.98. The molecule has 1 aromatic carbocycles. The summed E-state index contributed by atoms with van der Waals surface area (Å²) in [5, 5.41) is 8.92. The van der Waals surface area contributed by atoms with Crippen LogP contribution in [0.5, 0.6) is 0 Å². The summed E-state index contributed by atoms with van der Waals surface area (Å²) in [4.78, 5) is 18.9. The van der Waals surface area contributed by atoms with Crippen LogP contribution in [0.15, 0.2) is 47.8 Å². The molecule has 9 nitrogen and oxygen atoms in total. The minimum Gasteiger partial charge on any atom is -0.368 e. The zero-order chi connectivity index (χ0) is 26.2. The third-order valence-corrected chi connectivity index (χ3v) is 9.94. The number of hydrogen-bond acceptors (Lipinski definition) is 6. The van der Waals surface area contributed by atoms with Gasteiger partial charge in [-0.3, -0.25) is 14.5 Å². The van der Waals surface area contributed by atoms with E-state index in [0.29, 0.717) is 29.9 Å². The van der Waals surface area contributed by atoms with Crippen LogP contribution in [0.4, 0.5) is 5.69 Å². The first-order valence-corrected chi connectivity index (χ1v) is 14.6. The predicted molar refractivity (Wildman–Crippen MR) is 144 cm³/mol. The SMILES string of the molecule is CC(=O)N[C@@H]1CN(c2ccc(S(=O)(=O)N3CCCCCCC3C)c3ccncc23)C[C@H]1c1ccnn1C. The van der Waals surface area contributed by atoms with Crippen molar-refractivity contribution in [1.82, 2.24) is 24.4 Å². The van der Waals surface area contributed by atoms with Gasteiger partial charge in [0.2, 0.25) is 15.9 Å². The third-order valence-electron chi connectivity index (χ3n) is 7.87. The van der Waals surface area contributed by atoms with E-state index in [1.54, 1.807) is 35.0 Å². The minimum absolute atomic E-state index is 0.0292. The molecule has 1 amide bonds. The number of aryl methyl sites for hydroxylation is 1. The summed E-state index contributed by atoms with van der Waals surface area (Å²) >= 11 is 0. The van der Waals surface area contributed by atoms with E-state index in [0.717, 1.165) is 48.9 Å². The van der Waals surface area contributed by atoms with Gasteiger partial charge in [0.1, 0.15) is 0 Å². The summed E-state index contributed by atoms with van der Waals surface area (Å²) in [6.07, 6.45) is 10.2. The van der Waals surface area contributed by atoms with Crippen LogP contribution in [0.3, 0.4) is 0 Å². The summed E-state index contributed by atoms with van der Waals surface area (Å²) in [6.45, 7) is 5.38. The fraction of sp³-hybridized carbons (Fsp3) is 0.519. The highest BCUT2D eigenvalue weighted by molar-refractivity contribution is 7.89. The second-order valence-electron chi connectivity index (χ2n) is 10.4. The van der Waals surface area contributed by atoms with Gasteiger partial charge < -0.3 is 10.2 Å². The molecular weight excluding hydrogens is 488 g/mol. The molecule has 1 N–H and O–H groups in total. The van der Waals surface area contributed by atoms with Gasteiger partial charge in [-0.05, 0) is 44.0 Å². The number of carbonyl (C=O) groups is 1. The van der Waals surface area contributed by atoms with Crippen molar-refractivity contribution < 1.29 is 13.2 Å². The first kappa shape index (κ1) is 25.7. The van der Waals surface area contributed by atoms with Gasteiger partial charge in [-0.25, -0.2) is 8.42 Å². The van der Waals surface area contributed by atoms with E-state index in [1.807, 2.05) is 30.8 Å². The van der Waals surface area contributed by atoms with E-state index in [4.69, 9.17) is 0 Å². The maximum Gasteiger partial charge on any atom is 0.243 e. The fourth-order valence-electron chi connectivity index (χ4n) is 6.01. The molecule has 2 aliphatic rings. The molecule has 198 valence electrons. The van der Waals surface area contributed by atoms with Gasteiger partial charge in [-0.2, -0.15) is 9.40 Å². The number of fused-ring (bicyclic) bond motifs is 1. The third kappa shape index (κ3) is 4.96. The second-order valence-corrected chi connectivity index (χ2v) is 12.2. The lowest BCUT2D eigenvalue weighted by Crippen LogP contribution is -2.40. The molecule has 2 aliphatic heterocycles. The Morgan fingerprint density at radius 1 is 1.03 bits per heavy atom. The van der Waals surface area contributed by atoms with Crippen molar-refractivity contribution in [3.05, 3.63) is 48.5 Å². The molecule has 3 atom stereocenters. The summed E-state index contributed by atoms with van der Waals surface area (Å²) in [7, 11) is -1.77. The maximum absolute atomic E-state index is 14.0. The Kier molecular flexibility index (Phi) is 7.22. The molecule has 5 rings (SSSR count). The first-order chi connectivity index (χ1) is 17.8. The average Bonchev–Trinajstić information content (AvgIpc) is 3.45. The zero-order valence-corrected chi connectivity index (χ0v) is 22.6. The van der Waals surface area contributed by atoms with Crippen LogP contribution in [-0.4, -0.2) is 65.1 Å². The molecule has 0 saturated carbocycles. The molecule has 10 heteroatoms. The number of nitrogens with zero attached hydrogens (tertiary/aromatic N) is 5. The molecule has 1 unspecified atom stereocenters. The van der Waals surface area contributed by atoms with Crippen molar-refractivity contribution in [2.75, 3.05) is 24.5 Å². The molecule has 3 aromatic rings. The van der Waals surface area contributed by atoms with Crippen molar-refractivity contribution in [3.8, 4) is 0 Å². The van der Waals surface area contributed by atoms with E-state index in [9.17, 15) is 13.2 Å². The van der Waals surface area contributed by atoms with Gasteiger partial charge in [0.25, 0.3) is 0 Å². The number of aromatic nitrogens is 3. The standard InChI is InChI=1S/C27H36N6O3S/c1-19-8-6-4-5-7-15-33(19)37(35,36)27-10-9-26(22-16-28-13-11-21(22)27)32-17-23(24(18-32)30-20(2)34)25-12-14-29-31(25)3/h9-14,16,19,23-24H,4-8,15,17-18H2,1-3H3,(H,30,34)/t19?,23-,24-/m1/s1. The lowest BCUT2D eigenvalue weighted by Gasteiger charge is -2.31. The second kappa shape index (κ2) is 10.4. The van der Waals surface area contributed by atoms with Crippen molar-refractivity contribution in [2.24, 2.45) is 7.05 Å². The van der Waals surface area contributed by atoms with Crippen molar-refractivity contribution in [1.29, 1.82) is 0 Å². The minimum atomic E-state index is -3.68. The van der Waals surface area contributed by atoms with Gasteiger partial charge in [0.15, 0.2) is 0 Å². The molecular formula is C27H36N6O3S. The monoisotopic (exact) mass is 524 g/mol. The summed E-state index contributed by atoms with van der Waals surface area (Å²) in [6, 6.07) is 7.33. The number of anilines is 1. The zero-order valence-electron chi connectivity index (χ0n) is 21.8. The normalized spacial score (nSPS) is 23.6. The number of sulfonamides is 1. The van der Waals surface area contributed by atoms with Crippen molar-refractivity contribution >= 4 is 32.4 Å². The molecule has 2 saturated heterocycles. The maximum atomic E-state index is 14.0. The summed E-state index contributed by atoms with van der Waals surface area (Å²) in [5.41, 5.74) is 1.97. The van der Waals surface area contributed by atoms with Crippen LogP contribution in [-0.2, 0) is 21.9 Å². The molecule has 2 fully saturated rings. The van der Waals surface area contributed by atoms with Gasteiger partial charge >= 0.3 is 0 Å². The van der Waals surface area contributed by atoms with Gasteiger partial charge in [0, 0.05) is 86.3 Å². The van der Waals surface area contributed by atoms with Crippen LogP contribution in [0.2, 0.25) is 0 Å². The number of amides is 1. The molecule has 0 bridgehead atoms. The fourth-order valence-corrected chi connectivity index (χ4v) is 7.91. The van der Waals surface area contributed by atoms with E-state index >= 15 is 0 Å². The van der Waals surface area contributed by atoms with Gasteiger partial charge in [-0.15, -0.1) is 0 Å². The molecule has 0 radical (unpaired) electrons. The molecule has 0 aliphatic carbocycles. The van der Waals surface area contributed by atoms with Crippen LogP contribution in [0, 0.1) is 0 Å². The summed E-state index contributed by atoms with van der Waals surface area (Å²) < 4.78 is 31.5. The highest BCUT2D eigenvalue weighted by Gasteiger charge is 2.37. The lowest BCUT2D eigenvalue weighted by atomic mass is 9.99. The average molecular weight is 525 g/mol. The van der Waals surface area contributed by atoms with Crippen LogP contribution < -0.4 is 10.2 Å². The van der Waals surface area contributed by atoms with E-state index < -0.39 is 10.0 Å². The van der Waals surface area contributed by atoms with E-state index in [-0.39, 0.29) is 23.9 Å². The molecule has 2 aromatic heterocycles. The largest absolute Gasteiger partial charge is 0.368 e. The van der Waals surface area contributed by atoms with Crippen molar-refractivity contribution in [3.63, 3.8) is 0 Å². The predicted octanol–water partition coefficient (Wildman–Crippen LogP) is 3.42.